The summed E-state index contributed by atoms with van der Waals surface area (Å²) >= 11 is 0. The lowest BCUT2D eigenvalue weighted by Crippen LogP contribution is -2.51. The van der Waals surface area contributed by atoms with Crippen LogP contribution < -0.4 is 9.62 Å². The second-order valence-corrected chi connectivity index (χ2v) is 10.9. The van der Waals surface area contributed by atoms with Crippen LogP contribution in [-0.4, -0.2) is 50.5 Å². The lowest BCUT2D eigenvalue weighted by atomic mass is 10.1. The van der Waals surface area contributed by atoms with Crippen LogP contribution in [0.15, 0.2) is 42.5 Å². The molecular weight excluding hydrogens is 457 g/mol. The summed E-state index contributed by atoms with van der Waals surface area (Å²) in [5, 5.41) is 2.82. The fourth-order valence-corrected chi connectivity index (χ4v) is 4.32. The van der Waals surface area contributed by atoms with Crippen LogP contribution in [0.4, 0.5) is 10.1 Å². The summed E-state index contributed by atoms with van der Waals surface area (Å²) in [4.78, 5) is 27.6. The number of halogens is 1. The standard InChI is InChI=1S/C25H34FN3O4S/c1-17(2)14-27-25(31)20(5)28(15-21-10-12-22(26)13-11-21)24(30)16-29(34(6,32)33)23-9-7-8-18(3)19(23)4/h7-13,17,20H,14-16H2,1-6H3,(H,27,31)/t20-/m1/s1. The maximum absolute atomic E-state index is 13.5. The van der Waals surface area contributed by atoms with Gasteiger partial charge in [-0.1, -0.05) is 38.1 Å². The SMILES string of the molecule is Cc1cccc(N(CC(=O)N(Cc2ccc(F)cc2)[C@H](C)C(=O)NCC(C)C)S(C)(=O)=O)c1C. The first kappa shape index (κ1) is 27.3. The molecule has 1 atom stereocenters. The Hall–Kier alpha value is -2.94. The van der Waals surface area contributed by atoms with E-state index >= 15 is 0 Å². The zero-order chi connectivity index (χ0) is 25.6. The van der Waals surface area contributed by atoms with Gasteiger partial charge >= 0.3 is 0 Å². The molecule has 0 bridgehead atoms. The Morgan fingerprint density at radius 1 is 1.03 bits per heavy atom. The van der Waals surface area contributed by atoms with Crippen molar-refractivity contribution in [2.24, 2.45) is 5.92 Å². The molecule has 186 valence electrons. The van der Waals surface area contributed by atoms with E-state index in [-0.39, 0.29) is 18.4 Å². The third-order valence-corrected chi connectivity index (χ3v) is 6.77. The Balaban J connectivity index is 2.40. The van der Waals surface area contributed by atoms with E-state index in [2.05, 4.69) is 5.32 Å². The highest BCUT2D eigenvalue weighted by Gasteiger charge is 2.30. The molecule has 0 saturated heterocycles. The molecule has 1 N–H and O–H groups in total. The number of anilines is 1. The molecular formula is C25H34FN3O4S. The monoisotopic (exact) mass is 491 g/mol. The molecule has 0 fully saturated rings. The van der Waals surface area contributed by atoms with Gasteiger partial charge in [-0.05, 0) is 61.6 Å². The number of sulfonamides is 1. The minimum atomic E-state index is -3.80. The van der Waals surface area contributed by atoms with Gasteiger partial charge in [-0.2, -0.15) is 0 Å². The molecule has 7 nitrogen and oxygen atoms in total. The average Bonchev–Trinajstić information content (AvgIpc) is 2.76. The van der Waals surface area contributed by atoms with E-state index in [0.29, 0.717) is 17.8 Å². The quantitative estimate of drug-likeness (QED) is 0.552. The van der Waals surface area contributed by atoms with Gasteiger partial charge in [0.05, 0.1) is 11.9 Å². The van der Waals surface area contributed by atoms with E-state index in [0.717, 1.165) is 21.7 Å². The molecule has 2 amide bonds. The van der Waals surface area contributed by atoms with Crippen molar-refractivity contribution in [3.63, 3.8) is 0 Å². The van der Waals surface area contributed by atoms with Crippen molar-refractivity contribution < 1.29 is 22.4 Å². The minimum absolute atomic E-state index is 0.0276. The number of benzene rings is 2. The molecule has 0 aromatic heterocycles. The van der Waals surface area contributed by atoms with E-state index in [4.69, 9.17) is 0 Å². The lowest BCUT2D eigenvalue weighted by Gasteiger charge is -2.32. The summed E-state index contributed by atoms with van der Waals surface area (Å²) < 4.78 is 39.8. The second kappa shape index (κ2) is 11.5. The molecule has 0 saturated carbocycles. The summed E-state index contributed by atoms with van der Waals surface area (Å²) in [6.07, 6.45) is 1.05. The Morgan fingerprint density at radius 2 is 1.65 bits per heavy atom. The number of nitrogens with one attached hydrogen (secondary N) is 1. The first-order valence-corrected chi connectivity index (χ1v) is 13.0. The van der Waals surface area contributed by atoms with Crippen LogP contribution in [0.1, 0.15) is 37.5 Å². The summed E-state index contributed by atoms with van der Waals surface area (Å²) in [5.74, 6) is -1.07. The lowest BCUT2D eigenvalue weighted by molar-refractivity contribution is -0.139. The molecule has 2 rings (SSSR count). The van der Waals surface area contributed by atoms with Crippen molar-refractivity contribution in [1.82, 2.24) is 10.2 Å². The van der Waals surface area contributed by atoms with Crippen LogP contribution in [0, 0.1) is 25.6 Å². The minimum Gasteiger partial charge on any atom is -0.354 e. The Kier molecular flexibility index (Phi) is 9.21. The Morgan fingerprint density at radius 3 is 2.21 bits per heavy atom. The second-order valence-electron chi connectivity index (χ2n) is 8.95. The van der Waals surface area contributed by atoms with Crippen molar-refractivity contribution in [3.05, 3.63) is 65.0 Å². The van der Waals surface area contributed by atoms with Gasteiger partial charge in [0.15, 0.2) is 0 Å². The number of aryl methyl sites for hydroxylation is 1. The van der Waals surface area contributed by atoms with Crippen molar-refractivity contribution >= 4 is 27.5 Å². The van der Waals surface area contributed by atoms with Gasteiger partial charge in [-0.15, -0.1) is 0 Å². The number of hydrogen-bond donors (Lipinski definition) is 1. The smallest absolute Gasteiger partial charge is 0.244 e. The van der Waals surface area contributed by atoms with Gasteiger partial charge in [0.2, 0.25) is 21.8 Å². The van der Waals surface area contributed by atoms with Crippen molar-refractivity contribution in [2.45, 2.75) is 47.2 Å². The van der Waals surface area contributed by atoms with Crippen LogP contribution in [0.2, 0.25) is 0 Å². The summed E-state index contributed by atoms with van der Waals surface area (Å²) in [5.41, 5.74) is 2.67. The van der Waals surface area contributed by atoms with E-state index in [9.17, 15) is 22.4 Å². The highest BCUT2D eigenvalue weighted by Crippen LogP contribution is 2.25. The van der Waals surface area contributed by atoms with E-state index in [1.165, 1.54) is 29.2 Å². The van der Waals surface area contributed by atoms with Crippen LogP contribution >= 0.6 is 0 Å². The Labute approximate surface area is 202 Å². The Bertz CT molecular complexity index is 1120. The topological polar surface area (TPSA) is 86.8 Å². The van der Waals surface area contributed by atoms with Gasteiger partial charge in [0.1, 0.15) is 18.4 Å². The predicted molar refractivity (Wildman–Crippen MR) is 132 cm³/mol. The van der Waals surface area contributed by atoms with Gasteiger partial charge < -0.3 is 10.2 Å². The number of carbonyl (C=O) groups excluding carboxylic acids is 2. The first-order valence-electron chi connectivity index (χ1n) is 11.2. The number of hydrogen-bond acceptors (Lipinski definition) is 4. The maximum atomic E-state index is 13.5. The van der Waals surface area contributed by atoms with Gasteiger partial charge in [-0.25, -0.2) is 12.8 Å². The van der Waals surface area contributed by atoms with Crippen LogP contribution in [0.5, 0.6) is 0 Å². The van der Waals surface area contributed by atoms with Gasteiger partial charge in [0.25, 0.3) is 0 Å². The number of amides is 2. The highest BCUT2D eigenvalue weighted by atomic mass is 32.2. The molecule has 9 heteroatoms. The van der Waals surface area contributed by atoms with Gasteiger partial charge in [0, 0.05) is 13.1 Å². The highest BCUT2D eigenvalue weighted by molar-refractivity contribution is 7.92. The van der Waals surface area contributed by atoms with E-state index in [1.54, 1.807) is 26.0 Å². The fourth-order valence-electron chi connectivity index (χ4n) is 3.42. The molecule has 0 aliphatic rings. The fraction of sp³-hybridized carbons (Fsp3) is 0.440. The zero-order valence-electron chi connectivity index (χ0n) is 20.6. The van der Waals surface area contributed by atoms with Crippen molar-refractivity contribution in [1.29, 1.82) is 0 Å². The maximum Gasteiger partial charge on any atom is 0.244 e. The average molecular weight is 492 g/mol. The summed E-state index contributed by atoms with van der Waals surface area (Å²) in [6, 6.07) is 10.0. The molecule has 2 aromatic carbocycles. The molecule has 2 aromatic rings. The molecule has 0 unspecified atom stereocenters. The number of rotatable bonds is 10. The predicted octanol–water partition coefficient (Wildman–Crippen LogP) is 3.40. The number of carbonyl (C=O) groups is 2. The molecule has 0 spiro atoms. The molecule has 34 heavy (non-hydrogen) atoms. The van der Waals surface area contributed by atoms with Crippen molar-refractivity contribution in [2.75, 3.05) is 23.7 Å². The number of nitrogens with zero attached hydrogens (tertiary/aromatic N) is 2. The molecule has 0 radical (unpaired) electrons. The van der Waals surface area contributed by atoms with E-state index < -0.39 is 34.3 Å². The summed E-state index contributed by atoms with van der Waals surface area (Å²) in [7, 11) is -3.80. The van der Waals surface area contributed by atoms with Crippen LogP contribution in [0.3, 0.4) is 0 Å². The first-order chi connectivity index (χ1) is 15.8. The molecule has 0 aliphatic heterocycles. The third-order valence-electron chi connectivity index (χ3n) is 5.64. The normalized spacial score (nSPS) is 12.4. The summed E-state index contributed by atoms with van der Waals surface area (Å²) in [6.45, 7) is 9.18. The molecule has 0 heterocycles. The van der Waals surface area contributed by atoms with Crippen molar-refractivity contribution in [3.8, 4) is 0 Å². The largest absolute Gasteiger partial charge is 0.354 e. The van der Waals surface area contributed by atoms with Crippen LogP contribution in [-0.2, 0) is 26.2 Å². The third kappa shape index (κ3) is 7.28. The zero-order valence-corrected chi connectivity index (χ0v) is 21.4. The van der Waals surface area contributed by atoms with Gasteiger partial charge in [-0.3, -0.25) is 13.9 Å². The molecule has 0 aliphatic carbocycles. The van der Waals surface area contributed by atoms with Crippen LogP contribution in [0.25, 0.3) is 0 Å². The van der Waals surface area contributed by atoms with E-state index in [1.807, 2.05) is 26.8 Å².